The van der Waals surface area contributed by atoms with Crippen molar-refractivity contribution in [1.82, 2.24) is 14.1 Å². The van der Waals surface area contributed by atoms with E-state index >= 15 is 0 Å². The molecular weight excluding hydrogens is 429 g/mol. The number of benzene rings is 2. The molecule has 1 aliphatic rings. The molecule has 2 aromatic heterocycles. The number of imidazole rings is 1. The van der Waals surface area contributed by atoms with Gasteiger partial charge in [-0.2, -0.15) is 13.2 Å². The minimum Gasteiger partial charge on any atom is -0.366 e. The number of primary amides is 1. The number of aromatic nitrogens is 3. The van der Waals surface area contributed by atoms with Crippen LogP contribution in [0.15, 0.2) is 67.8 Å². The molecule has 0 spiro atoms. The predicted molar refractivity (Wildman–Crippen MR) is 121 cm³/mol. The van der Waals surface area contributed by atoms with Crippen molar-refractivity contribution in [3.8, 4) is 16.9 Å². The SMILES string of the molecule is C=C(C(N)=O)c1ccc2c(c1)c(-c1cn(C3CCC3)cn1)cn2-c1ccc(C(F)(F)F)cc1. The monoisotopic (exact) mass is 450 g/mol. The third-order valence-corrected chi connectivity index (χ3v) is 6.30. The van der Waals surface area contributed by atoms with Crippen LogP contribution < -0.4 is 5.73 Å². The highest BCUT2D eigenvalue weighted by atomic mass is 19.4. The molecule has 2 N–H and O–H groups in total. The molecule has 5 nitrogen and oxygen atoms in total. The smallest absolute Gasteiger partial charge is 0.366 e. The first kappa shape index (κ1) is 21.1. The molecule has 1 saturated carbocycles. The molecule has 168 valence electrons. The number of rotatable bonds is 5. The van der Waals surface area contributed by atoms with Crippen molar-refractivity contribution >= 4 is 22.4 Å². The second-order valence-electron chi connectivity index (χ2n) is 8.32. The van der Waals surface area contributed by atoms with E-state index in [-0.39, 0.29) is 5.57 Å². The van der Waals surface area contributed by atoms with Crippen molar-refractivity contribution in [2.24, 2.45) is 5.73 Å². The number of nitrogens with zero attached hydrogens (tertiary/aromatic N) is 3. The van der Waals surface area contributed by atoms with E-state index in [0.29, 0.717) is 17.3 Å². The lowest BCUT2D eigenvalue weighted by Gasteiger charge is -2.26. The Morgan fingerprint density at radius 3 is 2.42 bits per heavy atom. The Kier molecular flexibility index (Phi) is 4.88. The van der Waals surface area contributed by atoms with Gasteiger partial charge in [0.05, 0.1) is 23.1 Å². The topological polar surface area (TPSA) is 65.8 Å². The van der Waals surface area contributed by atoms with E-state index < -0.39 is 17.6 Å². The van der Waals surface area contributed by atoms with Crippen molar-refractivity contribution in [3.05, 3.63) is 78.9 Å². The van der Waals surface area contributed by atoms with Gasteiger partial charge in [0.2, 0.25) is 5.91 Å². The second kappa shape index (κ2) is 7.65. The number of carbonyl (C=O) groups excluding carboxylic acids is 1. The minimum absolute atomic E-state index is 0.185. The molecule has 0 radical (unpaired) electrons. The summed E-state index contributed by atoms with van der Waals surface area (Å²) in [5.74, 6) is -0.618. The van der Waals surface area contributed by atoms with Crippen LogP contribution in [-0.4, -0.2) is 20.0 Å². The molecule has 8 heteroatoms. The van der Waals surface area contributed by atoms with Crippen molar-refractivity contribution in [3.63, 3.8) is 0 Å². The molecule has 0 atom stereocenters. The molecule has 5 rings (SSSR count). The Morgan fingerprint density at radius 1 is 1.09 bits per heavy atom. The fraction of sp³-hybridized carbons (Fsp3) is 0.200. The van der Waals surface area contributed by atoms with Crippen LogP contribution in [0.25, 0.3) is 33.4 Å². The molecule has 0 saturated heterocycles. The van der Waals surface area contributed by atoms with Gasteiger partial charge >= 0.3 is 6.18 Å². The summed E-state index contributed by atoms with van der Waals surface area (Å²) < 4.78 is 43.0. The summed E-state index contributed by atoms with van der Waals surface area (Å²) in [5, 5.41) is 0.800. The highest BCUT2D eigenvalue weighted by molar-refractivity contribution is 6.18. The number of hydrogen-bond donors (Lipinski definition) is 1. The molecule has 2 heterocycles. The normalized spacial score (nSPS) is 14.4. The van der Waals surface area contributed by atoms with Gasteiger partial charge in [0, 0.05) is 40.6 Å². The second-order valence-corrected chi connectivity index (χ2v) is 8.32. The van der Waals surface area contributed by atoms with Crippen LogP contribution in [0.3, 0.4) is 0 Å². The van der Waals surface area contributed by atoms with Crippen LogP contribution >= 0.6 is 0 Å². The zero-order valence-electron chi connectivity index (χ0n) is 17.6. The lowest BCUT2D eigenvalue weighted by molar-refractivity contribution is -0.137. The van der Waals surface area contributed by atoms with Gasteiger partial charge in [-0.15, -0.1) is 0 Å². The first-order chi connectivity index (χ1) is 15.7. The van der Waals surface area contributed by atoms with Crippen LogP contribution in [0.4, 0.5) is 13.2 Å². The van der Waals surface area contributed by atoms with Gasteiger partial charge in [-0.05, 0) is 61.2 Å². The first-order valence-electron chi connectivity index (χ1n) is 10.6. The van der Waals surface area contributed by atoms with Crippen molar-refractivity contribution in [1.29, 1.82) is 0 Å². The van der Waals surface area contributed by atoms with E-state index in [1.54, 1.807) is 6.07 Å². The maximum Gasteiger partial charge on any atom is 0.416 e. The van der Waals surface area contributed by atoms with Crippen LogP contribution in [-0.2, 0) is 11.0 Å². The van der Waals surface area contributed by atoms with E-state index in [0.717, 1.165) is 47.1 Å². The maximum atomic E-state index is 13.0. The lowest BCUT2D eigenvalue weighted by atomic mass is 9.93. The van der Waals surface area contributed by atoms with Crippen molar-refractivity contribution < 1.29 is 18.0 Å². The van der Waals surface area contributed by atoms with E-state index in [1.807, 2.05) is 35.4 Å². The molecule has 0 aliphatic heterocycles. The fourth-order valence-corrected chi connectivity index (χ4v) is 4.15. The Hall–Kier alpha value is -3.81. The number of fused-ring (bicyclic) bond motifs is 1. The maximum absolute atomic E-state index is 13.0. The molecular formula is C25H21F3N4O. The summed E-state index contributed by atoms with van der Waals surface area (Å²) in [5.41, 5.74) is 8.38. The number of halogens is 3. The summed E-state index contributed by atoms with van der Waals surface area (Å²) in [6, 6.07) is 10.8. The molecule has 33 heavy (non-hydrogen) atoms. The molecule has 1 amide bonds. The Bertz CT molecular complexity index is 1380. The molecule has 0 unspecified atom stereocenters. The van der Waals surface area contributed by atoms with E-state index in [1.165, 1.54) is 18.6 Å². The summed E-state index contributed by atoms with van der Waals surface area (Å²) in [6.07, 6.45) is 4.69. The lowest BCUT2D eigenvalue weighted by Crippen LogP contribution is -2.14. The number of alkyl halides is 3. The fourth-order valence-electron chi connectivity index (χ4n) is 4.15. The zero-order chi connectivity index (χ0) is 23.3. The largest absolute Gasteiger partial charge is 0.416 e. The highest BCUT2D eigenvalue weighted by Gasteiger charge is 2.30. The Labute approximate surface area is 188 Å². The first-order valence-corrected chi connectivity index (χ1v) is 10.6. The third-order valence-electron chi connectivity index (χ3n) is 6.30. The summed E-state index contributed by atoms with van der Waals surface area (Å²) in [6.45, 7) is 3.77. The van der Waals surface area contributed by atoms with E-state index in [2.05, 4.69) is 16.1 Å². The van der Waals surface area contributed by atoms with Gasteiger partial charge in [0.15, 0.2) is 0 Å². The van der Waals surface area contributed by atoms with Gasteiger partial charge in [-0.25, -0.2) is 4.98 Å². The van der Waals surface area contributed by atoms with E-state index in [9.17, 15) is 18.0 Å². The van der Waals surface area contributed by atoms with Crippen LogP contribution in [0, 0.1) is 0 Å². The molecule has 0 bridgehead atoms. The number of nitrogens with two attached hydrogens (primary N) is 1. The Morgan fingerprint density at radius 2 is 1.82 bits per heavy atom. The van der Waals surface area contributed by atoms with Crippen LogP contribution in [0.2, 0.25) is 0 Å². The molecule has 1 aliphatic carbocycles. The highest BCUT2D eigenvalue weighted by Crippen LogP contribution is 2.37. The van der Waals surface area contributed by atoms with Gasteiger partial charge < -0.3 is 14.9 Å². The minimum atomic E-state index is -4.40. The van der Waals surface area contributed by atoms with Crippen LogP contribution in [0.5, 0.6) is 0 Å². The summed E-state index contributed by atoms with van der Waals surface area (Å²) in [4.78, 5) is 16.2. The number of carbonyl (C=O) groups is 1. The van der Waals surface area contributed by atoms with Crippen molar-refractivity contribution in [2.45, 2.75) is 31.5 Å². The van der Waals surface area contributed by atoms with Crippen LogP contribution in [0.1, 0.15) is 36.4 Å². The van der Waals surface area contributed by atoms with Gasteiger partial charge in [0.1, 0.15) is 0 Å². The number of hydrogen-bond acceptors (Lipinski definition) is 2. The molecule has 1 fully saturated rings. The standard InChI is InChI=1S/C25H21F3N4O/c1-15(24(29)33)16-5-10-23-20(11-16)21(22-13-31(14-30-22)18-3-2-4-18)12-32(23)19-8-6-17(7-9-19)25(26,27)28/h5-14,18H,1-4H2,(H2,29,33). The van der Waals surface area contributed by atoms with E-state index in [4.69, 9.17) is 5.73 Å². The Balaban J connectivity index is 1.66. The quantitative estimate of drug-likeness (QED) is 0.394. The van der Waals surface area contributed by atoms with Gasteiger partial charge in [0.25, 0.3) is 0 Å². The zero-order valence-corrected chi connectivity index (χ0v) is 17.6. The molecule has 4 aromatic rings. The number of amides is 1. The summed E-state index contributed by atoms with van der Waals surface area (Å²) in [7, 11) is 0. The van der Waals surface area contributed by atoms with Gasteiger partial charge in [-0.1, -0.05) is 12.6 Å². The summed E-state index contributed by atoms with van der Waals surface area (Å²) >= 11 is 0. The molecule has 2 aromatic carbocycles. The average Bonchev–Trinajstić information content (AvgIpc) is 3.35. The van der Waals surface area contributed by atoms with Gasteiger partial charge in [-0.3, -0.25) is 4.79 Å². The van der Waals surface area contributed by atoms with Crippen molar-refractivity contribution in [2.75, 3.05) is 0 Å². The predicted octanol–water partition coefficient (Wildman–Crippen LogP) is 5.74. The average molecular weight is 450 g/mol. The third kappa shape index (κ3) is 3.71.